The van der Waals surface area contributed by atoms with Crippen LogP contribution in [-0.2, 0) is 19.3 Å². The van der Waals surface area contributed by atoms with E-state index < -0.39 is 0 Å². The Morgan fingerprint density at radius 3 is 2.75 bits per heavy atom. The van der Waals surface area contributed by atoms with Gasteiger partial charge in [-0.2, -0.15) is 0 Å². The Hall–Kier alpha value is -1.68. The van der Waals surface area contributed by atoms with Crippen molar-refractivity contribution in [3.05, 3.63) is 52.2 Å². The summed E-state index contributed by atoms with van der Waals surface area (Å²) in [6, 6.07) is 6.56. The molecule has 0 saturated heterocycles. The van der Waals surface area contributed by atoms with Gasteiger partial charge in [-0.25, -0.2) is 14.4 Å². The molecule has 20 heavy (non-hydrogen) atoms. The van der Waals surface area contributed by atoms with Crippen molar-refractivity contribution in [2.75, 3.05) is 11.9 Å². The largest absolute Gasteiger partial charge is 0.369 e. The summed E-state index contributed by atoms with van der Waals surface area (Å²) >= 11 is 5.94. The van der Waals surface area contributed by atoms with Gasteiger partial charge in [-0.3, -0.25) is 0 Å². The SMILES string of the molecule is Fc1ccc(CCNc2nc(Cl)nc3c2CCC3)cc1. The molecule has 1 aliphatic carbocycles. The van der Waals surface area contributed by atoms with E-state index in [2.05, 4.69) is 15.3 Å². The van der Waals surface area contributed by atoms with Crippen LogP contribution in [0.4, 0.5) is 10.2 Å². The fraction of sp³-hybridized carbons (Fsp3) is 0.333. The zero-order valence-electron chi connectivity index (χ0n) is 11.0. The van der Waals surface area contributed by atoms with Crippen LogP contribution in [0.3, 0.4) is 0 Å². The summed E-state index contributed by atoms with van der Waals surface area (Å²) < 4.78 is 12.8. The first-order valence-electron chi connectivity index (χ1n) is 6.76. The highest BCUT2D eigenvalue weighted by molar-refractivity contribution is 6.28. The predicted octanol–water partition coefficient (Wildman–Crippen LogP) is 3.41. The Morgan fingerprint density at radius 2 is 1.95 bits per heavy atom. The van der Waals surface area contributed by atoms with Gasteiger partial charge in [-0.1, -0.05) is 12.1 Å². The minimum Gasteiger partial charge on any atom is -0.369 e. The van der Waals surface area contributed by atoms with E-state index in [1.54, 1.807) is 12.1 Å². The molecular formula is C15H15ClFN3. The third kappa shape index (κ3) is 2.90. The number of benzene rings is 1. The van der Waals surface area contributed by atoms with Crippen molar-refractivity contribution in [2.24, 2.45) is 0 Å². The molecule has 0 fully saturated rings. The second-order valence-corrected chi connectivity index (χ2v) is 5.26. The molecule has 3 nitrogen and oxygen atoms in total. The Balaban J connectivity index is 1.65. The fourth-order valence-corrected chi connectivity index (χ4v) is 2.71. The zero-order chi connectivity index (χ0) is 13.9. The standard InChI is InChI=1S/C15H15ClFN3/c16-15-19-13-3-1-2-12(13)14(20-15)18-9-8-10-4-6-11(17)7-5-10/h4-7H,1-3,8-9H2,(H,18,19,20). The highest BCUT2D eigenvalue weighted by atomic mass is 35.5. The van der Waals surface area contributed by atoms with Crippen LogP contribution in [0.1, 0.15) is 23.2 Å². The summed E-state index contributed by atoms with van der Waals surface area (Å²) in [4.78, 5) is 8.54. The lowest BCUT2D eigenvalue weighted by Crippen LogP contribution is -2.09. The molecule has 2 aromatic rings. The lowest BCUT2D eigenvalue weighted by atomic mass is 10.1. The first kappa shape index (κ1) is 13.3. The summed E-state index contributed by atoms with van der Waals surface area (Å²) in [7, 11) is 0. The van der Waals surface area contributed by atoms with Crippen LogP contribution in [-0.4, -0.2) is 16.5 Å². The number of hydrogen-bond acceptors (Lipinski definition) is 3. The Labute approximate surface area is 122 Å². The molecule has 0 aliphatic heterocycles. The van der Waals surface area contributed by atoms with E-state index in [4.69, 9.17) is 11.6 Å². The van der Waals surface area contributed by atoms with Crippen LogP contribution in [0.15, 0.2) is 24.3 Å². The third-order valence-electron chi connectivity index (χ3n) is 3.53. The van der Waals surface area contributed by atoms with E-state index in [9.17, 15) is 4.39 Å². The van der Waals surface area contributed by atoms with Gasteiger partial charge in [-0.15, -0.1) is 0 Å². The highest BCUT2D eigenvalue weighted by Crippen LogP contribution is 2.27. The molecule has 0 saturated carbocycles. The molecule has 0 spiro atoms. The van der Waals surface area contributed by atoms with E-state index in [0.717, 1.165) is 49.3 Å². The van der Waals surface area contributed by atoms with Crippen molar-refractivity contribution in [3.63, 3.8) is 0 Å². The van der Waals surface area contributed by atoms with Gasteiger partial charge in [-0.05, 0) is 55.0 Å². The average Bonchev–Trinajstić information content (AvgIpc) is 2.89. The van der Waals surface area contributed by atoms with Crippen molar-refractivity contribution in [1.29, 1.82) is 0 Å². The lowest BCUT2D eigenvalue weighted by molar-refractivity contribution is 0.627. The zero-order valence-corrected chi connectivity index (χ0v) is 11.8. The van der Waals surface area contributed by atoms with E-state index in [1.807, 2.05) is 0 Å². The van der Waals surface area contributed by atoms with Crippen molar-refractivity contribution in [3.8, 4) is 0 Å². The number of rotatable bonds is 4. The number of nitrogens with one attached hydrogen (secondary N) is 1. The van der Waals surface area contributed by atoms with Crippen LogP contribution in [0.5, 0.6) is 0 Å². The molecule has 1 N–H and O–H groups in total. The summed E-state index contributed by atoms with van der Waals surface area (Å²) in [6.45, 7) is 0.741. The average molecular weight is 292 g/mol. The maximum atomic E-state index is 12.8. The summed E-state index contributed by atoms with van der Waals surface area (Å²) in [5, 5.41) is 3.62. The van der Waals surface area contributed by atoms with Crippen molar-refractivity contribution < 1.29 is 4.39 Å². The van der Waals surface area contributed by atoms with Crippen molar-refractivity contribution >= 4 is 17.4 Å². The number of halogens is 2. The van der Waals surface area contributed by atoms with E-state index in [1.165, 1.54) is 17.7 Å². The van der Waals surface area contributed by atoms with Gasteiger partial charge in [0, 0.05) is 12.1 Å². The monoisotopic (exact) mass is 291 g/mol. The minimum absolute atomic E-state index is 0.206. The molecule has 1 aromatic heterocycles. The van der Waals surface area contributed by atoms with Gasteiger partial charge in [0.2, 0.25) is 5.28 Å². The molecule has 1 heterocycles. The summed E-state index contributed by atoms with van der Waals surface area (Å²) in [5.41, 5.74) is 3.35. The summed E-state index contributed by atoms with van der Waals surface area (Å²) in [5.74, 6) is 0.640. The number of aryl methyl sites for hydroxylation is 1. The lowest BCUT2D eigenvalue weighted by Gasteiger charge is -2.10. The van der Waals surface area contributed by atoms with Gasteiger partial charge < -0.3 is 5.32 Å². The summed E-state index contributed by atoms with van der Waals surface area (Å²) in [6.07, 6.45) is 3.91. The van der Waals surface area contributed by atoms with Crippen LogP contribution >= 0.6 is 11.6 Å². The second kappa shape index (κ2) is 5.75. The predicted molar refractivity (Wildman–Crippen MR) is 77.7 cm³/mol. The number of anilines is 1. The molecule has 0 bridgehead atoms. The number of nitrogens with zero attached hydrogens (tertiary/aromatic N) is 2. The van der Waals surface area contributed by atoms with Gasteiger partial charge in [0.25, 0.3) is 0 Å². The van der Waals surface area contributed by atoms with Gasteiger partial charge in [0.05, 0.1) is 5.69 Å². The Bertz CT molecular complexity index is 613. The maximum absolute atomic E-state index is 12.8. The van der Waals surface area contributed by atoms with Gasteiger partial charge in [0.1, 0.15) is 11.6 Å². The van der Waals surface area contributed by atoms with Crippen LogP contribution in [0, 0.1) is 5.82 Å². The molecular weight excluding hydrogens is 277 g/mol. The van der Waals surface area contributed by atoms with E-state index in [0.29, 0.717) is 5.28 Å². The number of aromatic nitrogens is 2. The maximum Gasteiger partial charge on any atom is 0.224 e. The Kier molecular flexibility index (Phi) is 3.83. The molecule has 3 rings (SSSR count). The van der Waals surface area contributed by atoms with Crippen LogP contribution in [0.25, 0.3) is 0 Å². The van der Waals surface area contributed by atoms with Crippen LogP contribution in [0.2, 0.25) is 5.28 Å². The fourth-order valence-electron chi connectivity index (χ4n) is 2.52. The van der Waals surface area contributed by atoms with Gasteiger partial charge in [0.15, 0.2) is 0 Å². The van der Waals surface area contributed by atoms with E-state index in [-0.39, 0.29) is 5.82 Å². The van der Waals surface area contributed by atoms with Gasteiger partial charge >= 0.3 is 0 Å². The van der Waals surface area contributed by atoms with Crippen molar-refractivity contribution in [2.45, 2.75) is 25.7 Å². The first-order valence-corrected chi connectivity index (χ1v) is 7.14. The second-order valence-electron chi connectivity index (χ2n) is 4.92. The molecule has 5 heteroatoms. The molecule has 0 atom stereocenters. The first-order chi connectivity index (χ1) is 9.72. The van der Waals surface area contributed by atoms with Crippen molar-refractivity contribution in [1.82, 2.24) is 9.97 Å². The topological polar surface area (TPSA) is 37.8 Å². The number of hydrogen-bond donors (Lipinski definition) is 1. The minimum atomic E-state index is -0.206. The van der Waals surface area contributed by atoms with E-state index >= 15 is 0 Å². The highest BCUT2D eigenvalue weighted by Gasteiger charge is 2.18. The third-order valence-corrected chi connectivity index (χ3v) is 3.69. The quantitative estimate of drug-likeness (QED) is 0.877. The Morgan fingerprint density at radius 1 is 1.15 bits per heavy atom. The molecule has 0 radical (unpaired) electrons. The molecule has 104 valence electrons. The number of fused-ring (bicyclic) bond motifs is 1. The smallest absolute Gasteiger partial charge is 0.224 e. The molecule has 1 aromatic carbocycles. The molecule has 0 unspecified atom stereocenters. The molecule has 1 aliphatic rings. The molecule has 0 amide bonds. The van der Waals surface area contributed by atoms with Crippen LogP contribution < -0.4 is 5.32 Å². The normalized spacial score (nSPS) is 13.3.